The van der Waals surface area contributed by atoms with Crippen molar-refractivity contribution in [3.63, 3.8) is 0 Å². The van der Waals surface area contributed by atoms with Crippen molar-refractivity contribution >= 4 is 11.9 Å². The van der Waals surface area contributed by atoms with Crippen LogP contribution in [0.5, 0.6) is 0 Å². The normalized spacial score (nSPS) is 17.4. The third-order valence-electron chi connectivity index (χ3n) is 3.02. The van der Waals surface area contributed by atoms with E-state index in [-0.39, 0.29) is 17.7 Å². The number of carbonyl (C=O) groups excluding carboxylic acids is 2. The van der Waals surface area contributed by atoms with Gasteiger partial charge in [-0.2, -0.15) is 0 Å². The van der Waals surface area contributed by atoms with Gasteiger partial charge in [-0.1, -0.05) is 33.1 Å². The van der Waals surface area contributed by atoms with Gasteiger partial charge in [0.2, 0.25) is 0 Å². The van der Waals surface area contributed by atoms with Crippen LogP contribution in [-0.4, -0.2) is 25.0 Å². The van der Waals surface area contributed by atoms with E-state index >= 15 is 0 Å². The molecule has 1 amide bonds. The van der Waals surface area contributed by atoms with Crippen LogP contribution in [0.4, 0.5) is 4.79 Å². The quantitative estimate of drug-likeness (QED) is 0.829. The van der Waals surface area contributed by atoms with Gasteiger partial charge >= 0.3 is 6.09 Å². The molecule has 0 radical (unpaired) electrons. The summed E-state index contributed by atoms with van der Waals surface area (Å²) in [6, 6.07) is -0.363. The van der Waals surface area contributed by atoms with Crippen molar-refractivity contribution in [3.05, 3.63) is 0 Å². The van der Waals surface area contributed by atoms with Gasteiger partial charge in [-0.25, -0.2) is 4.79 Å². The summed E-state index contributed by atoms with van der Waals surface area (Å²) >= 11 is 0. The smallest absolute Gasteiger partial charge is 0.407 e. The maximum Gasteiger partial charge on any atom is 0.407 e. The Labute approximate surface area is 104 Å². The molecule has 0 heterocycles. The van der Waals surface area contributed by atoms with E-state index in [1.807, 2.05) is 13.8 Å². The van der Waals surface area contributed by atoms with E-state index < -0.39 is 6.09 Å². The Balaban J connectivity index is 0.00000121. The fraction of sp³-hybridized carbons (Fsp3) is 0.846. The minimum absolute atomic E-state index is 0.0206. The number of rotatable bonds is 3. The predicted octanol–water partition coefficient (Wildman–Crippen LogP) is 2.91. The molecular formula is C13H25NO3. The molecule has 0 unspecified atom stereocenters. The van der Waals surface area contributed by atoms with Gasteiger partial charge in [0.05, 0.1) is 13.2 Å². The Kier molecular flexibility index (Phi) is 8.46. The van der Waals surface area contributed by atoms with Crippen molar-refractivity contribution in [1.82, 2.24) is 5.32 Å². The Morgan fingerprint density at radius 1 is 1.18 bits per heavy atom. The first kappa shape index (κ1) is 15.9. The van der Waals surface area contributed by atoms with E-state index in [2.05, 4.69) is 10.1 Å². The molecule has 1 atom stereocenters. The number of carbonyl (C=O) groups is 2. The number of ether oxygens (including phenoxy) is 1. The minimum atomic E-state index is -0.513. The molecule has 100 valence electrons. The summed E-state index contributed by atoms with van der Waals surface area (Å²) in [4.78, 5) is 22.5. The van der Waals surface area contributed by atoms with E-state index in [1.165, 1.54) is 20.5 Å². The van der Waals surface area contributed by atoms with Crippen LogP contribution in [0, 0.1) is 5.92 Å². The maximum absolute atomic E-state index is 11.4. The fourth-order valence-electron chi connectivity index (χ4n) is 2.20. The largest absolute Gasteiger partial charge is 0.453 e. The second-order valence-corrected chi connectivity index (χ2v) is 4.12. The highest BCUT2D eigenvalue weighted by Gasteiger charge is 2.28. The van der Waals surface area contributed by atoms with E-state index in [0.29, 0.717) is 0 Å². The highest BCUT2D eigenvalue weighted by molar-refractivity contribution is 5.85. The van der Waals surface area contributed by atoms with Crippen LogP contribution < -0.4 is 5.32 Å². The molecule has 1 aliphatic rings. The lowest BCUT2D eigenvalue weighted by Crippen LogP contribution is -2.45. The van der Waals surface area contributed by atoms with E-state index in [1.54, 1.807) is 0 Å². The van der Waals surface area contributed by atoms with Gasteiger partial charge in [-0.3, -0.25) is 4.79 Å². The van der Waals surface area contributed by atoms with Crippen LogP contribution >= 0.6 is 0 Å². The number of amides is 1. The van der Waals surface area contributed by atoms with Gasteiger partial charge in [0.1, 0.15) is 0 Å². The Hall–Kier alpha value is -1.06. The molecule has 0 aromatic rings. The molecule has 1 rings (SSSR count). The molecule has 0 spiro atoms. The van der Waals surface area contributed by atoms with Crippen LogP contribution in [0.2, 0.25) is 0 Å². The summed E-state index contributed by atoms with van der Waals surface area (Å²) in [5.74, 6) is 0.308. The fourth-order valence-corrected chi connectivity index (χ4v) is 2.20. The van der Waals surface area contributed by atoms with Gasteiger partial charge in [0, 0.05) is 0 Å². The van der Waals surface area contributed by atoms with Crippen molar-refractivity contribution in [3.8, 4) is 0 Å². The molecule has 1 N–H and O–H groups in total. The van der Waals surface area contributed by atoms with Gasteiger partial charge in [0.25, 0.3) is 0 Å². The van der Waals surface area contributed by atoms with Gasteiger partial charge in [-0.05, 0) is 25.7 Å². The SMILES string of the molecule is CC.COC(=O)N[C@H](C(C)=O)C1CCCCC1. The van der Waals surface area contributed by atoms with Crippen LogP contribution in [0.1, 0.15) is 52.9 Å². The summed E-state index contributed by atoms with van der Waals surface area (Å²) in [5, 5.41) is 2.63. The third kappa shape index (κ3) is 5.71. The van der Waals surface area contributed by atoms with Crippen molar-refractivity contribution in [2.24, 2.45) is 5.92 Å². The predicted molar refractivity (Wildman–Crippen MR) is 67.9 cm³/mol. The zero-order valence-corrected chi connectivity index (χ0v) is 11.4. The van der Waals surface area contributed by atoms with Crippen molar-refractivity contribution in [2.45, 2.75) is 58.9 Å². The highest BCUT2D eigenvalue weighted by Crippen LogP contribution is 2.26. The second kappa shape index (κ2) is 9.02. The summed E-state index contributed by atoms with van der Waals surface area (Å²) in [7, 11) is 1.31. The van der Waals surface area contributed by atoms with E-state index in [9.17, 15) is 9.59 Å². The average molecular weight is 243 g/mol. The second-order valence-electron chi connectivity index (χ2n) is 4.12. The van der Waals surface area contributed by atoms with Gasteiger partial charge in [0.15, 0.2) is 5.78 Å². The third-order valence-corrected chi connectivity index (χ3v) is 3.02. The van der Waals surface area contributed by atoms with Crippen molar-refractivity contribution in [2.75, 3.05) is 7.11 Å². The van der Waals surface area contributed by atoms with Gasteiger partial charge < -0.3 is 10.1 Å². The first-order chi connectivity index (χ1) is 8.15. The molecule has 1 saturated carbocycles. The standard InChI is InChI=1S/C11H19NO3.C2H6/c1-8(13)10(12-11(14)15-2)9-6-4-3-5-7-9;1-2/h9-10H,3-7H2,1-2H3,(H,12,14);1-2H3/t10-;/m1./s1. The Morgan fingerprint density at radius 2 is 1.71 bits per heavy atom. The highest BCUT2D eigenvalue weighted by atomic mass is 16.5. The summed E-state index contributed by atoms with van der Waals surface area (Å²) in [5.41, 5.74) is 0. The first-order valence-electron chi connectivity index (χ1n) is 6.50. The van der Waals surface area contributed by atoms with Crippen molar-refractivity contribution < 1.29 is 14.3 Å². The first-order valence-corrected chi connectivity index (χ1v) is 6.50. The molecular weight excluding hydrogens is 218 g/mol. The molecule has 0 aromatic heterocycles. The molecule has 4 nitrogen and oxygen atoms in total. The van der Waals surface area contributed by atoms with Crippen LogP contribution in [0.15, 0.2) is 0 Å². The van der Waals surface area contributed by atoms with Crippen molar-refractivity contribution in [1.29, 1.82) is 0 Å². The molecule has 1 fully saturated rings. The molecule has 0 aromatic carbocycles. The molecule has 0 saturated heterocycles. The summed E-state index contributed by atoms with van der Waals surface area (Å²) in [6.45, 7) is 5.52. The number of nitrogens with one attached hydrogen (secondary N) is 1. The number of ketones is 1. The zero-order valence-electron chi connectivity index (χ0n) is 11.4. The topological polar surface area (TPSA) is 55.4 Å². The Bertz CT molecular complexity index is 235. The molecule has 4 heteroatoms. The lowest BCUT2D eigenvalue weighted by molar-refractivity contribution is -0.120. The van der Waals surface area contributed by atoms with E-state index in [4.69, 9.17) is 0 Å². The minimum Gasteiger partial charge on any atom is -0.453 e. The maximum atomic E-state index is 11.4. The number of Topliss-reactive ketones (excluding diaryl/α,β-unsaturated/α-hetero) is 1. The molecule has 1 aliphatic carbocycles. The number of hydrogen-bond donors (Lipinski definition) is 1. The van der Waals surface area contributed by atoms with Crippen LogP contribution in [0.25, 0.3) is 0 Å². The monoisotopic (exact) mass is 243 g/mol. The van der Waals surface area contributed by atoms with Crippen LogP contribution in [0.3, 0.4) is 0 Å². The van der Waals surface area contributed by atoms with Gasteiger partial charge in [-0.15, -0.1) is 0 Å². The molecule has 0 aliphatic heterocycles. The number of hydrogen-bond acceptors (Lipinski definition) is 3. The lowest BCUT2D eigenvalue weighted by atomic mass is 9.82. The summed E-state index contributed by atoms with van der Waals surface area (Å²) < 4.78 is 4.52. The Morgan fingerprint density at radius 3 is 2.12 bits per heavy atom. The number of methoxy groups -OCH3 is 1. The molecule has 0 bridgehead atoms. The van der Waals surface area contributed by atoms with Crippen LogP contribution in [-0.2, 0) is 9.53 Å². The molecule has 17 heavy (non-hydrogen) atoms. The lowest BCUT2D eigenvalue weighted by Gasteiger charge is -2.28. The zero-order chi connectivity index (χ0) is 13.3. The summed E-state index contributed by atoms with van der Waals surface area (Å²) in [6.07, 6.45) is 5.07. The number of alkyl carbamates (subject to hydrolysis) is 1. The van der Waals surface area contributed by atoms with E-state index in [0.717, 1.165) is 25.7 Å². The average Bonchev–Trinajstić information content (AvgIpc) is 2.38.